The molecule has 2 heterocycles. The number of carbonyl (C=O) groups is 1. The molecule has 1 aliphatic rings. The van der Waals surface area contributed by atoms with Crippen molar-refractivity contribution in [3.8, 4) is 0 Å². The lowest BCUT2D eigenvalue weighted by molar-refractivity contribution is 0.0466. The molecule has 6 heteroatoms. The summed E-state index contributed by atoms with van der Waals surface area (Å²) in [5.41, 5.74) is 1.44. The molecule has 122 valence electrons. The molecule has 1 unspecified atom stereocenters. The molecule has 0 aliphatic carbocycles. The van der Waals surface area contributed by atoms with E-state index in [0.29, 0.717) is 18.0 Å². The second-order valence-electron chi connectivity index (χ2n) is 6.03. The zero-order valence-corrected chi connectivity index (χ0v) is 13.3. The van der Waals surface area contributed by atoms with Gasteiger partial charge in [-0.05, 0) is 31.5 Å². The number of benzene rings is 1. The van der Waals surface area contributed by atoms with Crippen LogP contribution in [0, 0.1) is 12.7 Å². The summed E-state index contributed by atoms with van der Waals surface area (Å²) in [6.07, 6.45) is 0. The van der Waals surface area contributed by atoms with Gasteiger partial charge in [0.15, 0.2) is 5.69 Å². The SMILES string of the molecule is Cc1cc(C(=O)N2CCN(Cc3ccc(F)cc3)CC2C)no1. The predicted molar refractivity (Wildman–Crippen MR) is 83.4 cm³/mol. The number of aromatic nitrogens is 1. The number of rotatable bonds is 3. The lowest BCUT2D eigenvalue weighted by atomic mass is 10.1. The fourth-order valence-electron chi connectivity index (χ4n) is 2.94. The number of nitrogens with zero attached hydrogens (tertiary/aromatic N) is 3. The molecular formula is C17H20FN3O2. The molecular weight excluding hydrogens is 297 g/mol. The highest BCUT2D eigenvalue weighted by atomic mass is 19.1. The first kappa shape index (κ1) is 15.7. The average molecular weight is 317 g/mol. The second kappa shape index (κ2) is 6.50. The van der Waals surface area contributed by atoms with Crippen molar-refractivity contribution in [3.05, 3.63) is 53.2 Å². The van der Waals surface area contributed by atoms with E-state index in [1.54, 1.807) is 25.1 Å². The van der Waals surface area contributed by atoms with Gasteiger partial charge in [-0.3, -0.25) is 9.69 Å². The molecule has 0 spiro atoms. The third-order valence-corrected chi connectivity index (χ3v) is 4.14. The summed E-state index contributed by atoms with van der Waals surface area (Å²) in [4.78, 5) is 16.6. The molecule has 0 radical (unpaired) electrons. The zero-order chi connectivity index (χ0) is 16.4. The van der Waals surface area contributed by atoms with Crippen molar-refractivity contribution in [3.63, 3.8) is 0 Å². The number of hydrogen-bond donors (Lipinski definition) is 0. The highest BCUT2D eigenvalue weighted by Gasteiger charge is 2.29. The minimum Gasteiger partial charge on any atom is -0.361 e. The first-order valence-electron chi connectivity index (χ1n) is 7.74. The lowest BCUT2D eigenvalue weighted by Gasteiger charge is -2.39. The maximum Gasteiger partial charge on any atom is 0.276 e. The fraction of sp³-hybridized carbons (Fsp3) is 0.412. The third-order valence-electron chi connectivity index (χ3n) is 4.14. The molecule has 0 bridgehead atoms. The Morgan fingerprint density at radius 1 is 1.35 bits per heavy atom. The van der Waals surface area contributed by atoms with Crippen LogP contribution in [0.1, 0.15) is 28.7 Å². The minimum atomic E-state index is -0.222. The maximum atomic E-state index is 13.0. The van der Waals surface area contributed by atoms with Crippen LogP contribution in [0.4, 0.5) is 4.39 Å². The van der Waals surface area contributed by atoms with Crippen LogP contribution in [0.5, 0.6) is 0 Å². The van der Waals surface area contributed by atoms with Gasteiger partial charge in [0, 0.05) is 38.3 Å². The molecule has 3 rings (SSSR count). The molecule has 1 aromatic heterocycles. The fourth-order valence-corrected chi connectivity index (χ4v) is 2.94. The van der Waals surface area contributed by atoms with E-state index in [9.17, 15) is 9.18 Å². The number of amides is 1. The van der Waals surface area contributed by atoms with Crippen LogP contribution in [0.3, 0.4) is 0 Å². The Balaban J connectivity index is 1.60. The number of carbonyl (C=O) groups excluding carboxylic acids is 1. The summed E-state index contributed by atoms with van der Waals surface area (Å²) < 4.78 is 17.9. The van der Waals surface area contributed by atoms with Crippen molar-refractivity contribution in [2.24, 2.45) is 0 Å². The van der Waals surface area contributed by atoms with Crippen molar-refractivity contribution in [1.82, 2.24) is 15.0 Å². The van der Waals surface area contributed by atoms with E-state index in [0.717, 1.165) is 25.2 Å². The van der Waals surface area contributed by atoms with Gasteiger partial charge in [-0.25, -0.2) is 4.39 Å². The van der Waals surface area contributed by atoms with E-state index in [-0.39, 0.29) is 17.8 Å². The maximum absolute atomic E-state index is 13.0. The van der Waals surface area contributed by atoms with Gasteiger partial charge >= 0.3 is 0 Å². The molecule has 1 aliphatic heterocycles. The molecule has 1 fully saturated rings. The van der Waals surface area contributed by atoms with Crippen molar-refractivity contribution in [2.45, 2.75) is 26.4 Å². The third kappa shape index (κ3) is 3.59. The normalized spacial score (nSPS) is 19.1. The van der Waals surface area contributed by atoms with E-state index in [1.807, 2.05) is 11.8 Å². The highest BCUT2D eigenvalue weighted by molar-refractivity contribution is 5.92. The smallest absolute Gasteiger partial charge is 0.276 e. The topological polar surface area (TPSA) is 49.6 Å². The Hall–Kier alpha value is -2.21. The van der Waals surface area contributed by atoms with Crippen LogP contribution in [0.15, 0.2) is 34.9 Å². The predicted octanol–water partition coefficient (Wildman–Crippen LogP) is 2.47. The van der Waals surface area contributed by atoms with Crippen LogP contribution in [-0.4, -0.2) is 46.5 Å². The first-order valence-corrected chi connectivity index (χ1v) is 7.74. The molecule has 1 amide bonds. The van der Waals surface area contributed by atoms with Gasteiger partial charge in [-0.1, -0.05) is 17.3 Å². The van der Waals surface area contributed by atoms with Crippen LogP contribution in [-0.2, 0) is 6.54 Å². The number of hydrogen-bond acceptors (Lipinski definition) is 4. The van der Waals surface area contributed by atoms with Crippen molar-refractivity contribution >= 4 is 5.91 Å². The average Bonchev–Trinajstić information content (AvgIpc) is 2.96. The summed E-state index contributed by atoms with van der Waals surface area (Å²) >= 11 is 0. The Morgan fingerprint density at radius 3 is 2.70 bits per heavy atom. The largest absolute Gasteiger partial charge is 0.361 e. The Kier molecular flexibility index (Phi) is 4.43. The van der Waals surface area contributed by atoms with E-state index >= 15 is 0 Å². The Labute approximate surface area is 134 Å². The van der Waals surface area contributed by atoms with Gasteiger partial charge in [0.05, 0.1) is 0 Å². The molecule has 1 saturated heterocycles. The number of piperazine rings is 1. The summed E-state index contributed by atoms with van der Waals surface area (Å²) in [5.74, 6) is 0.326. The van der Waals surface area contributed by atoms with Gasteiger partial charge in [-0.15, -0.1) is 0 Å². The minimum absolute atomic E-state index is 0.0872. The lowest BCUT2D eigenvalue weighted by Crippen LogP contribution is -2.53. The molecule has 5 nitrogen and oxygen atoms in total. The molecule has 2 aromatic rings. The quantitative estimate of drug-likeness (QED) is 0.872. The highest BCUT2D eigenvalue weighted by Crippen LogP contribution is 2.16. The number of halogens is 1. The summed E-state index contributed by atoms with van der Waals surface area (Å²) in [6, 6.07) is 8.32. The van der Waals surface area contributed by atoms with Crippen molar-refractivity contribution < 1.29 is 13.7 Å². The van der Waals surface area contributed by atoms with Crippen molar-refractivity contribution in [2.75, 3.05) is 19.6 Å². The van der Waals surface area contributed by atoms with Gasteiger partial charge < -0.3 is 9.42 Å². The van der Waals surface area contributed by atoms with E-state index in [1.165, 1.54) is 12.1 Å². The molecule has 1 aromatic carbocycles. The van der Waals surface area contributed by atoms with Crippen LogP contribution >= 0.6 is 0 Å². The Morgan fingerprint density at radius 2 is 2.09 bits per heavy atom. The monoisotopic (exact) mass is 317 g/mol. The van der Waals surface area contributed by atoms with Crippen LogP contribution in [0.25, 0.3) is 0 Å². The molecule has 0 saturated carbocycles. The van der Waals surface area contributed by atoms with E-state index < -0.39 is 0 Å². The second-order valence-corrected chi connectivity index (χ2v) is 6.03. The summed E-state index contributed by atoms with van der Waals surface area (Å²) in [6.45, 7) is 6.77. The standard InChI is InChI=1S/C17H20FN3O2/c1-12-10-20(11-14-3-5-15(18)6-4-14)7-8-21(12)17(22)16-9-13(2)23-19-16/h3-6,9,12H,7-8,10-11H2,1-2H3. The summed E-state index contributed by atoms with van der Waals surface area (Å²) in [7, 11) is 0. The molecule has 0 N–H and O–H groups in total. The van der Waals surface area contributed by atoms with E-state index in [2.05, 4.69) is 10.1 Å². The van der Waals surface area contributed by atoms with E-state index in [4.69, 9.17) is 4.52 Å². The molecule has 23 heavy (non-hydrogen) atoms. The zero-order valence-electron chi connectivity index (χ0n) is 13.3. The van der Waals surface area contributed by atoms with Gasteiger partial charge in [0.2, 0.25) is 0 Å². The van der Waals surface area contributed by atoms with Crippen LogP contribution in [0.2, 0.25) is 0 Å². The van der Waals surface area contributed by atoms with Crippen LogP contribution < -0.4 is 0 Å². The van der Waals surface area contributed by atoms with Gasteiger partial charge in [0.25, 0.3) is 5.91 Å². The van der Waals surface area contributed by atoms with Crippen molar-refractivity contribution in [1.29, 1.82) is 0 Å². The van der Waals surface area contributed by atoms with Gasteiger partial charge in [-0.2, -0.15) is 0 Å². The molecule has 1 atom stereocenters. The number of aryl methyl sites for hydroxylation is 1. The first-order chi connectivity index (χ1) is 11.0. The van der Waals surface area contributed by atoms with Gasteiger partial charge in [0.1, 0.15) is 11.6 Å². The summed E-state index contributed by atoms with van der Waals surface area (Å²) in [5, 5.41) is 3.81. The Bertz CT molecular complexity index is 683.